The van der Waals surface area contributed by atoms with Crippen molar-refractivity contribution in [3.05, 3.63) is 47.2 Å². The van der Waals surface area contributed by atoms with Crippen molar-refractivity contribution in [3.63, 3.8) is 0 Å². The lowest BCUT2D eigenvalue weighted by Gasteiger charge is -2.10. The molecular formula is C15H17N3O3. The number of aryl methyl sites for hydroxylation is 1. The molecule has 0 aliphatic rings. The van der Waals surface area contributed by atoms with Crippen molar-refractivity contribution in [3.8, 4) is 5.75 Å². The molecule has 110 valence electrons. The van der Waals surface area contributed by atoms with Crippen LogP contribution < -0.4 is 15.8 Å². The number of carbonyl (C=O) groups excluding carboxylic acids is 2. The standard InChI is InChI=1S/C15H17N3O3/c1-3-21-11-7-5-4-6-10(11)15(20)18-14-12(13(16)19)9(2)8-17-14/h4-8,17H,3H2,1-2H3,(H2,16,19)(H,18,20). The zero-order valence-electron chi connectivity index (χ0n) is 11.9. The van der Waals surface area contributed by atoms with Gasteiger partial charge in [-0.25, -0.2) is 0 Å². The van der Waals surface area contributed by atoms with E-state index in [0.717, 1.165) is 0 Å². The maximum absolute atomic E-state index is 12.3. The van der Waals surface area contributed by atoms with Crippen LogP contribution >= 0.6 is 0 Å². The minimum Gasteiger partial charge on any atom is -0.493 e. The first kappa shape index (κ1) is 14.6. The van der Waals surface area contributed by atoms with Crippen LogP contribution in [0, 0.1) is 6.92 Å². The summed E-state index contributed by atoms with van der Waals surface area (Å²) in [7, 11) is 0. The maximum atomic E-state index is 12.3. The first-order valence-corrected chi connectivity index (χ1v) is 6.55. The summed E-state index contributed by atoms with van der Waals surface area (Å²) in [6.45, 7) is 4.03. The summed E-state index contributed by atoms with van der Waals surface area (Å²) in [4.78, 5) is 26.6. The van der Waals surface area contributed by atoms with Crippen LogP contribution in [0.25, 0.3) is 0 Å². The molecule has 6 nitrogen and oxygen atoms in total. The van der Waals surface area contributed by atoms with Gasteiger partial charge in [0.05, 0.1) is 17.7 Å². The Morgan fingerprint density at radius 2 is 2.05 bits per heavy atom. The van der Waals surface area contributed by atoms with Gasteiger partial charge in [-0.1, -0.05) is 12.1 Å². The van der Waals surface area contributed by atoms with Gasteiger partial charge in [0.2, 0.25) is 0 Å². The van der Waals surface area contributed by atoms with Crippen molar-refractivity contribution in [2.75, 3.05) is 11.9 Å². The van der Waals surface area contributed by atoms with E-state index in [-0.39, 0.29) is 17.3 Å². The number of H-pyrrole nitrogens is 1. The smallest absolute Gasteiger partial charge is 0.260 e. The maximum Gasteiger partial charge on any atom is 0.260 e. The molecular weight excluding hydrogens is 270 g/mol. The number of aromatic nitrogens is 1. The average Bonchev–Trinajstić information content (AvgIpc) is 2.80. The Kier molecular flexibility index (Phi) is 4.27. The van der Waals surface area contributed by atoms with Crippen LogP contribution in [0.1, 0.15) is 33.2 Å². The monoisotopic (exact) mass is 287 g/mol. The molecule has 0 aliphatic carbocycles. The summed E-state index contributed by atoms with van der Waals surface area (Å²) in [5.41, 5.74) is 6.66. The topological polar surface area (TPSA) is 97.2 Å². The van der Waals surface area contributed by atoms with Gasteiger partial charge in [0.15, 0.2) is 0 Å². The quantitative estimate of drug-likeness (QED) is 0.785. The van der Waals surface area contributed by atoms with Crippen LogP contribution in [0.5, 0.6) is 5.75 Å². The number of anilines is 1. The molecule has 2 rings (SSSR count). The van der Waals surface area contributed by atoms with E-state index in [9.17, 15) is 9.59 Å². The molecule has 0 aliphatic heterocycles. The number of benzene rings is 1. The fraction of sp³-hybridized carbons (Fsp3) is 0.200. The molecule has 0 atom stereocenters. The molecule has 4 N–H and O–H groups in total. The lowest BCUT2D eigenvalue weighted by atomic mass is 10.1. The summed E-state index contributed by atoms with van der Waals surface area (Å²) in [5, 5.41) is 2.65. The highest BCUT2D eigenvalue weighted by Crippen LogP contribution is 2.22. The van der Waals surface area contributed by atoms with Gasteiger partial charge in [0.1, 0.15) is 11.6 Å². The molecule has 0 spiro atoms. The second-order valence-electron chi connectivity index (χ2n) is 4.47. The number of nitrogens with one attached hydrogen (secondary N) is 2. The Balaban J connectivity index is 2.29. The van der Waals surface area contributed by atoms with Crippen LogP contribution in [-0.4, -0.2) is 23.4 Å². The zero-order chi connectivity index (χ0) is 15.4. The second-order valence-corrected chi connectivity index (χ2v) is 4.47. The number of primary amides is 1. The first-order valence-electron chi connectivity index (χ1n) is 6.55. The lowest BCUT2D eigenvalue weighted by Crippen LogP contribution is -2.18. The molecule has 0 saturated carbocycles. The van der Waals surface area contributed by atoms with Crippen molar-refractivity contribution in [1.29, 1.82) is 0 Å². The van der Waals surface area contributed by atoms with Crippen molar-refractivity contribution in [1.82, 2.24) is 4.98 Å². The number of carbonyl (C=O) groups is 2. The van der Waals surface area contributed by atoms with Gasteiger partial charge in [-0.15, -0.1) is 0 Å². The summed E-state index contributed by atoms with van der Waals surface area (Å²) in [6.07, 6.45) is 1.62. The van der Waals surface area contributed by atoms with Gasteiger partial charge in [0.25, 0.3) is 11.8 Å². The van der Waals surface area contributed by atoms with E-state index in [4.69, 9.17) is 10.5 Å². The normalized spacial score (nSPS) is 10.2. The number of hydrogen-bond acceptors (Lipinski definition) is 3. The molecule has 0 saturated heterocycles. The van der Waals surface area contributed by atoms with Gasteiger partial charge >= 0.3 is 0 Å². The Labute approximate surface area is 122 Å². The Bertz CT molecular complexity index is 677. The molecule has 0 unspecified atom stereocenters. The molecule has 2 aromatic rings. The van der Waals surface area contributed by atoms with Gasteiger partial charge in [-0.3, -0.25) is 9.59 Å². The van der Waals surface area contributed by atoms with Crippen molar-refractivity contribution in [2.45, 2.75) is 13.8 Å². The Morgan fingerprint density at radius 1 is 1.33 bits per heavy atom. The summed E-state index contributed by atoms with van der Waals surface area (Å²) in [5.74, 6) is -0.191. The molecule has 1 aromatic heterocycles. The van der Waals surface area contributed by atoms with Gasteiger partial charge in [0, 0.05) is 6.20 Å². The second kappa shape index (κ2) is 6.13. The first-order chi connectivity index (χ1) is 10.0. The van der Waals surface area contributed by atoms with E-state index in [0.29, 0.717) is 23.5 Å². The van der Waals surface area contributed by atoms with E-state index in [1.54, 1.807) is 37.4 Å². The van der Waals surface area contributed by atoms with E-state index in [1.807, 2.05) is 6.92 Å². The van der Waals surface area contributed by atoms with Crippen LogP contribution in [0.3, 0.4) is 0 Å². The molecule has 0 fully saturated rings. The van der Waals surface area contributed by atoms with Crippen LogP contribution in [-0.2, 0) is 0 Å². The average molecular weight is 287 g/mol. The van der Waals surface area contributed by atoms with Gasteiger partial charge in [-0.2, -0.15) is 0 Å². The fourth-order valence-electron chi connectivity index (χ4n) is 2.05. The number of para-hydroxylation sites is 1. The number of hydrogen-bond donors (Lipinski definition) is 3. The molecule has 6 heteroatoms. The van der Waals surface area contributed by atoms with Crippen molar-refractivity contribution < 1.29 is 14.3 Å². The minimum absolute atomic E-state index is 0.275. The number of aromatic amines is 1. The molecule has 1 aromatic carbocycles. The summed E-state index contributed by atoms with van der Waals surface area (Å²) in [6, 6.07) is 6.90. The third kappa shape index (κ3) is 3.05. The number of amides is 2. The molecule has 1 heterocycles. The Hall–Kier alpha value is -2.76. The van der Waals surface area contributed by atoms with E-state index < -0.39 is 5.91 Å². The summed E-state index contributed by atoms with van der Waals surface area (Å²) < 4.78 is 5.42. The Morgan fingerprint density at radius 3 is 2.71 bits per heavy atom. The van der Waals surface area contributed by atoms with Crippen molar-refractivity contribution in [2.24, 2.45) is 5.73 Å². The number of ether oxygens (including phenoxy) is 1. The van der Waals surface area contributed by atoms with Gasteiger partial charge < -0.3 is 20.8 Å². The van der Waals surface area contributed by atoms with E-state index in [2.05, 4.69) is 10.3 Å². The SMILES string of the molecule is CCOc1ccccc1C(=O)Nc1[nH]cc(C)c1C(N)=O. The highest BCUT2D eigenvalue weighted by Gasteiger charge is 2.18. The zero-order valence-corrected chi connectivity index (χ0v) is 11.9. The van der Waals surface area contributed by atoms with Gasteiger partial charge in [-0.05, 0) is 31.5 Å². The molecule has 0 radical (unpaired) electrons. The predicted molar refractivity (Wildman–Crippen MR) is 79.6 cm³/mol. The van der Waals surface area contributed by atoms with E-state index in [1.165, 1.54) is 0 Å². The molecule has 0 bridgehead atoms. The van der Waals surface area contributed by atoms with Crippen LogP contribution in [0.15, 0.2) is 30.5 Å². The number of rotatable bonds is 5. The molecule has 21 heavy (non-hydrogen) atoms. The summed E-state index contributed by atoms with van der Waals surface area (Å²) >= 11 is 0. The largest absolute Gasteiger partial charge is 0.493 e. The molecule has 2 amide bonds. The van der Waals surface area contributed by atoms with Crippen LogP contribution in [0.4, 0.5) is 5.82 Å². The number of nitrogens with two attached hydrogens (primary N) is 1. The highest BCUT2D eigenvalue weighted by atomic mass is 16.5. The fourth-order valence-corrected chi connectivity index (χ4v) is 2.05. The van der Waals surface area contributed by atoms with Crippen molar-refractivity contribution >= 4 is 17.6 Å². The lowest BCUT2D eigenvalue weighted by molar-refractivity contribution is 0.100. The minimum atomic E-state index is -0.595. The van der Waals surface area contributed by atoms with Crippen LogP contribution in [0.2, 0.25) is 0 Å². The predicted octanol–water partition coefficient (Wildman–Crippen LogP) is 2.07. The highest BCUT2D eigenvalue weighted by molar-refractivity contribution is 6.09. The van der Waals surface area contributed by atoms with E-state index >= 15 is 0 Å². The third-order valence-electron chi connectivity index (χ3n) is 2.99. The third-order valence-corrected chi connectivity index (χ3v) is 2.99.